The van der Waals surface area contributed by atoms with Gasteiger partial charge in [0.2, 0.25) is 11.7 Å². The number of carbonyl (C=O) groups excluding carboxylic acids is 2. The van der Waals surface area contributed by atoms with Gasteiger partial charge in [-0.3, -0.25) is 4.79 Å². The maximum Gasteiger partial charge on any atom is 0.338 e. The molecule has 1 amide bonds. The van der Waals surface area contributed by atoms with Crippen molar-refractivity contribution in [3.05, 3.63) is 30.1 Å². The summed E-state index contributed by atoms with van der Waals surface area (Å²) < 4.78 is 23.5. The molecule has 0 spiro atoms. The molecule has 7 heteroatoms. The fourth-order valence-corrected chi connectivity index (χ4v) is 3.00. The lowest BCUT2D eigenvalue weighted by atomic mass is 10.2. The van der Waals surface area contributed by atoms with E-state index >= 15 is 0 Å². The van der Waals surface area contributed by atoms with Crippen molar-refractivity contribution in [2.24, 2.45) is 0 Å². The molecule has 0 saturated carbocycles. The second kappa shape index (κ2) is 6.39. The molecule has 1 atom stereocenters. The van der Waals surface area contributed by atoms with Gasteiger partial charge in [0.15, 0.2) is 6.10 Å². The molecule has 0 N–H and O–H groups in total. The number of carbonyl (C=O) groups is 2. The third kappa shape index (κ3) is 3.67. The summed E-state index contributed by atoms with van der Waals surface area (Å²) >= 11 is 0. The first-order chi connectivity index (χ1) is 11.3. The lowest BCUT2D eigenvalue weighted by Crippen LogP contribution is -2.49. The first-order valence-electron chi connectivity index (χ1n) is 8.03. The average molecular weight is 336 g/mol. The maximum atomic E-state index is 13.0. The molecule has 24 heavy (non-hydrogen) atoms. The Hall–Kier alpha value is -2.15. The monoisotopic (exact) mass is 336 g/mol. The van der Waals surface area contributed by atoms with Crippen molar-refractivity contribution in [2.45, 2.75) is 32.2 Å². The lowest BCUT2D eigenvalue weighted by Gasteiger charge is -2.36. The average Bonchev–Trinajstić information content (AvgIpc) is 2.80. The van der Waals surface area contributed by atoms with Gasteiger partial charge in [-0.15, -0.1) is 0 Å². The van der Waals surface area contributed by atoms with Gasteiger partial charge in [-0.25, -0.2) is 9.18 Å². The van der Waals surface area contributed by atoms with Crippen LogP contribution in [0.2, 0.25) is 0 Å². The highest BCUT2D eigenvalue weighted by Crippen LogP contribution is 2.26. The van der Waals surface area contributed by atoms with Crippen LogP contribution >= 0.6 is 0 Å². The summed E-state index contributed by atoms with van der Waals surface area (Å²) in [7, 11) is 0. The highest BCUT2D eigenvalue weighted by molar-refractivity contribution is 5.85. The molecule has 2 saturated heterocycles. The summed E-state index contributed by atoms with van der Waals surface area (Å²) in [5, 5.41) is 0. The van der Waals surface area contributed by atoms with E-state index in [4.69, 9.17) is 9.47 Å². The Labute approximate surface area is 140 Å². The van der Waals surface area contributed by atoms with Crippen molar-refractivity contribution in [1.29, 1.82) is 0 Å². The van der Waals surface area contributed by atoms with E-state index in [0.717, 1.165) is 5.69 Å². The molecule has 2 fully saturated rings. The molecule has 0 aromatic heterocycles. The van der Waals surface area contributed by atoms with Crippen molar-refractivity contribution in [1.82, 2.24) is 4.90 Å². The Bertz CT molecular complexity index is 624. The van der Waals surface area contributed by atoms with Gasteiger partial charge in [-0.2, -0.15) is 0 Å². The van der Waals surface area contributed by atoms with E-state index in [-0.39, 0.29) is 18.1 Å². The minimum Gasteiger partial charge on any atom is -0.432 e. The molecule has 130 valence electrons. The summed E-state index contributed by atoms with van der Waals surface area (Å²) in [6.45, 7) is 5.74. The van der Waals surface area contributed by atoms with Crippen LogP contribution in [0, 0.1) is 5.82 Å². The highest BCUT2D eigenvalue weighted by atomic mass is 19.1. The van der Waals surface area contributed by atoms with E-state index in [9.17, 15) is 14.0 Å². The van der Waals surface area contributed by atoms with E-state index in [1.54, 1.807) is 30.9 Å². The Morgan fingerprint density at radius 1 is 1.21 bits per heavy atom. The van der Waals surface area contributed by atoms with Crippen LogP contribution in [0.25, 0.3) is 0 Å². The van der Waals surface area contributed by atoms with Crippen LogP contribution in [0.4, 0.5) is 10.1 Å². The van der Waals surface area contributed by atoms with Crippen molar-refractivity contribution in [2.75, 3.05) is 31.1 Å². The maximum absolute atomic E-state index is 13.0. The smallest absolute Gasteiger partial charge is 0.338 e. The molecule has 6 nitrogen and oxygen atoms in total. The van der Waals surface area contributed by atoms with Gasteiger partial charge in [0, 0.05) is 45.7 Å². The Kier molecular flexibility index (Phi) is 4.45. The normalized spacial score (nSPS) is 23.3. The predicted molar refractivity (Wildman–Crippen MR) is 84.9 cm³/mol. The molecule has 0 radical (unpaired) electrons. The number of piperazine rings is 1. The van der Waals surface area contributed by atoms with Gasteiger partial charge in [0.05, 0.1) is 6.42 Å². The van der Waals surface area contributed by atoms with Gasteiger partial charge in [-0.1, -0.05) is 0 Å². The first-order valence-corrected chi connectivity index (χ1v) is 8.03. The van der Waals surface area contributed by atoms with E-state index in [2.05, 4.69) is 4.90 Å². The fourth-order valence-electron chi connectivity index (χ4n) is 3.00. The SMILES string of the molecule is CC1(C)OC(=O)[C@@H](CC(=O)N2CCN(c3ccc(F)cc3)CC2)O1. The van der Waals surface area contributed by atoms with Crippen LogP contribution in [0.5, 0.6) is 0 Å². The number of ether oxygens (including phenoxy) is 2. The largest absolute Gasteiger partial charge is 0.432 e. The van der Waals surface area contributed by atoms with E-state index in [0.29, 0.717) is 26.2 Å². The Morgan fingerprint density at radius 2 is 1.83 bits per heavy atom. The molecule has 1 aromatic rings. The number of rotatable bonds is 3. The molecule has 2 heterocycles. The zero-order chi connectivity index (χ0) is 17.3. The quantitative estimate of drug-likeness (QED) is 0.784. The minimum absolute atomic E-state index is 0.00118. The Morgan fingerprint density at radius 3 is 2.38 bits per heavy atom. The summed E-state index contributed by atoms with van der Waals surface area (Å²) in [5.74, 6) is -1.84. The standard InChI is InChI=1S/C17H21FN2O4/c1-17(2)23-14(16(22)24-17)11-15(21)20-9-7-19(8-10-20)13-5-3-12(18)4-6-13/h3-6,14H,7-11H2,1-2H3/t14-/m1/s1. The van der Waals surface area contributed by atoms with Crippen LogP contribution < -0.4 is 4.90 Å². The molecule has 1 aromatic carbocycles. The van der Waals surface area contributed by atoms with Crippen LogP contribution in [0.15, 0.2) is 24.3 Å². The predicted octanol–water partition coefficient (Wildman–Crippen LogP) is 1.54. The van der Waals surface area contributed by atoms with Crippen LogP contribution in [0.3, 0.4) is 0 Å². The van der Waals surface area contributed by atoms with Gasteiger partial charge in [0.25, 0.3) is 0 Å². The number of hydrogen-bond acceptors (Lipinski definition) is 5. The van der Waals surface area contributed by atoms with Crippen molar-refractivity contribution in [3.8, 4) is 0 Å². The van der Waals surface area contributed by atoms with Crippen LogP contribution in [-0.4, -0.2) is 54.8 Å². The van der Waals surface area contributed by atoms with E-state index in [1.807, 2.05) is 0 Å². The summed E-state index contributed by atoms with van der Waals surface area (Å²) in [4.78, 5) is 27.9. The van der Waals surface area contributed by atoms with Crippen molar-refractivity contribution < 1.29 is 23.5 Å². The second-order valence-electron chi connectivity index (χ2n) is 6.48. The number of amides is 1. The van der Waals surface area contributed by atoms with Crippen molar-refractivity contribution in [3.63, 3.8) is 0 Å². The van der Waals surface area contributed by atoms with Gasteiger partial charge in [-0.05, 0) is 24.3 Å². The molecule has 3 rings (SSSR count). The second-order valence-corrected chi connectivity index (χ2v) is 6.48. The summed E-state index contributed by atoms with van der Waals surface area (Å²) in [6, 6.07) is 6.32. The van der Waals surface area contributed by atoms with Crippen LogP contribution in [-0.2, 0) is 19.1 Å². The van der Waals surface area contributed by atoms with Gasteiger partial charge < -0.3 is 19.3 Å². The third-order valence-electron chi connectivity index (χ3n) is 4.22. The number of esters is 1. The Balaban J connectivity index is 1.52. The van der Waals surface area contributed by atoms with Gasteiger partial charge in [0.1, 0.15) is 5.82 Å². The fraction of sp³-hybridized carbons (Fsp3) is 0.529. The lowest BCUT2D eigenvalue weighted by molar-refractivity contribution is -0.161. The molecular weight excluding hydrogens is 315 g/mol. The zero-order valence-corrected chi connectivity index (χ0v) is 13.8. The van der Waals surface area contributed by atoms with Crippen LogP contribution in [0.1, 0.15) is 20.3 Å². The van der Waals surface area contributed by atoms with Gasteiger partial charge >= 0.3 is 5.97 Å². The third-order valence-corrected chi connectivity index (χ3v) is 4.22. The molecule has 0 aliphatic carbocycles. The number of halogens is 1. The van der Waals surface area contributed by atoms with E-state index in [1.165, 1.54) is 12.1 Å². The molecule has 2 aliphatic heterocycles. The number of anilines is 1. The molecule has 0 unspecified atom stereocenters. The minimum atomic E-state index is -0.969. The summed E-state index contributed by atoms with van der Waals surface area (Å²) in [5.41, 5.74) is 0.938. The highest BCUT2D eigenvalue weighted by Gasteiger charge is 2.42. The number of benzene rings is 1. The van der Waals surface area contributed by atoms with E-state index < -0.39 is 17.9 Å². The number of cyclic esters (lactones) is 1. The zero-order valence-electron chi connectivity index (χ0n) is 13.8. The first kappa shape index (κ1) is 16.7. The molecule has 0 bridgehead atoms. The number of nitrogens with zero attached hydrogens (tertiary/aromatic N) is 2. The topological polar surface area (TPSA) is 59.1 Å². The number of hydrogen-bond donors (Lipinski definition) is 0. The molecule has 2 aliphatic rings. The molecular formula is C17H21FN2O4. The summed E-state index contributed by atoms with van der Waals surface area (Å²) in [6.07, 6.45) is -0.832. The van der Waals surface area contributed by atoms with Crippen molar-refractivity contribution >= 4 is 17.6 Å².